The molecule has 0 aromatic heterocycles. The van der Waals surface area contributed by atoms with Gasteiger partial charge in [-0.05, 0) is 49.7 Å². The van der Waals surface area contributed by atoms with Crippen molar-refractivity contribution in [1.82, 2.24) is 5.32 Å². The van der Waals surface area contributed by atoms with Crippen LogP contribution in [0.4, 0.5) is 23.7 Å². The molecule has 2 aromatic rings. The van der Waals surface area contributed by atoms with Crippen molar-refractivity contribution in [3.63, 3.8) is 0 Å². The van der Waals surface area contributed by atoms with Crippen LogP contribution in [0.2, 0.25) is 5.02 Å². The molecule has 7 heteroatoms. The molecule has 3 nitrogen and oxygen atoms in total. The number of alkyl halides is 3. The van der Waals surface area contributed by atoms with Crippen molar-refractivity contribution in [2.24, 2.45) is 0 Å². The van der Waals surface area contributed by atoms with Gasteiger partial charge in [0.15, 0.2) is 0 Å². The Kier molecular flexibility index (Phi) is 5.08. The second-order valence-corrected chi connectivity index (χ2v) is 6.23. The number of halogens is 4. The van der Waals surface area contributed by atoms with Gasteiger partial charge in [-0.25, -0.2) is 4.79 Å². The number of amides is 2. The summed E-state index contributed by atoms with van der Waals surface area (Å²) in [4.78, 5) is 12.1. The molecule has 0 saturated heterocycles. The van der Waals surface area contributed by atoms with Crippen molar-refractivity contribution in [1.29, 1.82) is 0 Å². The number of benzene rings is 2. The van der Waals surface area contributed by atoms with E-state index in [9.17, 15) is 18.0 Å². The van der Waals surface area contributed by atoms with Crippen LogP contribution in [-0.4, -0.2) is 6.03 Å². The Bertz CT molecular complexity index is 727. The highest BCUT2D eigenvalue weighted by Gasteiger charge is 2.30. The monoisotopic (exact) mass is 356 g/mol. The smallest absolute Gasteiger partial charge is 0.329 e. The fraction of sp³-hybridized carbons (Fsp3) is 0.235. The highest BCUT2D eigenvalue weighted by molar-refractivity contribution is 6.30. The van der Waals surface area contributed by atoms with E-state index < -0.39 is 23.3 Å². The molecule has 0 heterocycles. The molecule has 0 bridgehead atoms. The van der Waals surface area contributed by atoms with Gasteiger partial charge in [-0.2, -0.15) is 13.2 Å². The normalized spacial score (nSPS) is 11.9. The van der Waals surface area contributed by atoms with Crippen LogP contribution in [0.1, 0.15) is 25.0 Å². The summed E-state index contributed by atoms with van der Waals surface area (Å²) in [5.41, 5.74) is -0.673. The van der Waals surface area contributed by atoms with Crippen LogP contribution in [-0.2, 0) is 11.7 Å². The van der Waals surface area contributed by atoms with E-state index in [1.165, 1.54) is 12.1 Å². The molecule has 0 unspecified atom stereocenters. The number of carbonyl (C=O) groups excluding carboxylic acids is 1. The van der Waals surface area contributed by atoms with E-state index in [2.05, 4.69) is 10.6 Å². The Morgan fingerprint density at radius 2 is 1.62 bits per heavy atom. The predicted molar refractivity (Wildman–Crippen MR) is 88.1 cm³/mol. The van der Waals surface area contributed by atoms with Gasteiger partial charge >= 0.3 is 12.2 Å². The molecule has 2 aromatic carbocycles. The second-order valence-electron chi connectivity index (χ2n) is 5.79. The Balaban J connectivity index is 2.09. The first-order valence-electron chi connectivity index (χ1n) is 7.10. The third-order valence-corrected chi connectivity index (χ3v) is 3.69. The number of nitrogens with one attached hydrogen (secondary N) is 2. The minimum atomic E-state index is -4.46. The number of carbonyl (C=O) groups is 1. The lowest BCUT2D eigenvalue weighted by molar-refractivity contribution is -0.137. The fourth-order valence-corrected chi connectivity index (χ4v) is 2.28. The number of urea groups is 1. The predicted octanol–water partition coefficient (Wildman–Crippen LogP) is 5.42. The van der Waals surface area contributed by atoms with E-state index in [0.717, 1.165) is 17.7 Å². The highest BCUT2D eigenvalue weighted by Crippen LogP contribution is 2.30. The number of rotatable bonds is 3. The summed E-state index contributed by atoms with van der Waals surface area (Å²) in [5.74, 6) is 0. The molecule has 0 aliphatic heterocycles. The van der Waals surface area contributed by atoms with Gasteiger partial charge < -0.3 is 10.6 Å². The summed E-state index contributed by atoms with van der Waals surface area (Å²) >= 11 is 5.83. The summed E-state index contributed by atoms with van der Waals surface area (Å²) < 4.78 is 38.1. The van der Waals surface area contributed by atoms with Crippen LogP contribution in [0.5, 0.6) is 0 Å². The Morgan fingerprint density at radius 1 is 1.00 bits per heavy atom. The summed E-state index contributed by atoms with van der Waals surface area (Å²) in [5, 5.41) is 5.71. The zero-order valence-electron chi connectivity index (χ0n) is 13.0. The number of hydrogen-bond donors (Lipinski definition) is 2. The van der Waals surface area contributed by atoms with Gasteiger partial charge in [0.05, 0.1) is 11.1 Å². The minimum absolute atomic E-state index is 0.0641. The molecule has 0 radical (unpaired) electrons. The lowest BCUT2D eigenvalue weighted by atomic mass is 9.94. The van der Waals surface area contributed by atoms with Crippen LogP contribution in [0.3, 0.4) is 0 Å². The molecule has 2 N–H and O–H groups in total. The molecule has 0 atom stereocenters. The first kappa shape index (κ1) is 18.1. The van der Waals surface area contributed by atoms with E-state index in [1.807, 2.05) is 0 Å². The highest BCUT2D eigenvalue weighted by atomic mass is 35.5. The maximum Gasteiger partial charge on any atom is 0.416 e. The summed E-state index contributed by atoms with van der Waals surface area (Å²) in [6.07, 6.45) is -4.46. The first-order chi connectivity index (χ1) is 11.1. The van der Waals surface area contributed by atoms with Crippen LogP contribution < -0.4 is 10.6 Å². The van der Waals surface area contributed by atoms with E-state index >= 15 is 0 Å². The lowest BCUT2D eigenvalue weighted by Gasteiger charge is -2.27. The van der Waals surface area contributed by atoms with Crippen molar-refractivity contribution in [3.05, 3.63) is 64.7 Å². The Hall–Kier alpha value is -2.21. The average molecular weight is 357 g/mol. The quantitative estimate of drug-likeness (QED) is 0.758. The molecule has 0 spiro atoms. The zero-order valence-corrected chi connectivity index (χ0v) is 13.8. The van der Waals surface area contributed by atoms with E-state index in [4.69, 9.17) is 11.6 Å². The minimum Gasteiger partial charge on any atom is -0.329 e. The third kappa shape index (κ3) is 4.64. The SMILES string of the molecule is CC(C)(NC(=O)Nc1cccc(C(F)(F)F)c1)c1ccc(Cl)cc1. The van der Waals surface area contributed by atoms with Crippen molar-refractivity contribution < 1.29 is 18.0 Å². The van der Waals surface area contributed by atoms with Gasteiger partial charge in [0.25, 0.3) is 0 Å². The van der Waals surface area contributed by atoms with E-state index in [1.54, 1.807) is 38.1 Å². The third-order valence-electron chi connectivity index (χ3n) is 3.44. The fourth-order valence-electron chi connectivity index (χ4n) is 2.16. The Labute approximate surface area is 142 Å². The van der Waals surface area contributed by atoms with Crippen molar-refractivity contribution in [2.45, 2.75) is 25.6 Å². The second kappa shape index (κ2) is 6.73. The standard InChI is InChI=1S/C17H16ClF3N2O/c1-16(2,11-6-8-13(18)9-7-11)23-15(24)22-14-5-3-4-12(10-14)17(19,20)21/h3-10H,1-2H3,(H2,22,23,24). The van der Waals surface area contributed by atoms with Gasteiger partial charge in [-0.3, -0.25) is 0 Å². The molecular formula is C17H16ClF3N2O. The van der Waals surface area contributed by atoms with Gasteiger partial charge in [0, 0.05) is 10.7 Å². The molecule has 0 fully saturated rings. The number of anilines is 1. The van der Waals surface area contributed by atoms with E-state index in [-0.39, 0.29) is 5.69 Å². The number of hydrogen-bond acceptors (Lipinski definition) is 1. The lowest BCUT2D eigenvalue weighted by Crippen LogP contribution is -2.43. The topological polar surface area (TPSA) is 41.1 Å². The molecule has 0 saturated carbocycles. The maximum absolute atomic E-state index is 12.7. The summed E-state index contributed by atoms with van der Waals surface area (Å²) in [7, 11) is 0. The van der Waals surface area contributed by atoms with Gasteiger partial charge in [-0.15, -0.1) is 0 Å². The van der Waals surface area contributed by atoms with Crippen LogP contribution in [0.25, 0.3) is 0 Å². The summed E-state index contributed by atoms with van der Waals surface area (Å²) in [6, 6.07) is 10.8. The average Bonchev–Trinajstić information content (AvgIpc) is 2.46. The van der Waals surface area contributed by atoms with Gasteiger partial charge in [-0.1, -0.05) is 29.8 Å². The summed E-state index contributed by atoms with van der Waals surface area (Å²) in [6.45, 7) is 3.56. The Morgan fingerprint density at radius 3 is 2.21 bits per heavy atom. The maximum atomic E-state index is 12.7. The van der Waals surface area contributed by atoms with Crippen molar-refractivity contribution in [3.8, 4) is 0 Å². The molecule has 128 valence electrons. The van der Waals surface area contributed by atoms with E-state index in [0.29, 0.717) is 5.02 Å². The zero-order chi connectivity index (χ0) is 18.0. The van der Waals surface area contributed by atoms with Crippen molar-refractivity contribution >= 4 is 23.3 Å². The van der Waals surface area contributed by atoms with Crippen LogP contribution >= 0.6 is 11.6 Å². The van der Waals surface area contributed by atoms with Gasteiger partial charge in [0.2, 0.25) is 0 Å². The van der Waals surface area contributed by atoms with Crippen LogP contribution in [0, 0.1) is 0 Å². The van der Waals surface area contributed by atoms with Crippen molar-refractivity contribution in [2.75, 3.05) is 5.32 Å². The van der Waals surface area contributed by atoms with Gasteiger partial charge in [0.1, 0.15) is 0 Å². The molecular weight excluding hydrogens is 341 g/mol. The molecule has 24 heavy (non-hydrogen) atoms. The largest absolute Gasteiger partial charge is 0.416 e. The molecule has 2 rings (SSSR count). The first-order valence-corrected chi connectivity index (χ1v) is 7.48. The van der Waals surface area contributed by atoms with Crippen LogP contribution in [0.15, 0.2) is 48.5 Å². The molecule has 0 aliphatic rings. The molecule has 0 aliphatic carbocycles. The molecule has 2 amide bonds.